The van der Waals surface area contributed by atoms with Gasteiger partial charge in [-0.2, -0.15) is 12.8 Å². The van der Waals surface area contributed by atoms with Gasteiger partial charge in [-0.1, -0.05) is 6.61 Å². The molecular formula is C8H14OY-2. The Bertz CT molecular complexity index is 66.9. The molecule has 1 aliphatic carbocycles. The van der Waals surface area contributed by atoms with E-state index in [4.69, 9.17) is 4.74 Å². The smallest absolute Gasteiger partial charge is 0.0319 e. The quantitative estimate of drug-likeness (QED) is 0.640. The van der Waals surface area contributed by atoms with Gasteiger partial charge < -0.3 is 23.5 Å². The summed E-state index contributed by atoms with van der Waals surface area (Å²) < 4.78 is 5.02. The predicted octanol–water partition coefficient (Wildman–Crippen LogP) is 1.98. The van der Waals surface area contributed by atoms with Crippen LogP contribution in [0.3, 0.4) is 0 Å². The fourth-order valence-electron chi connectivity index (χ4n) is 1.24. The monoisotopic (exact) mass is 215 g/mol. The van der Waals surface area contributed by atoms with Crippen LogP contribution >= 0.6 is 0 Å². The van der Waals surface area contributed by atoms with Crippen molar-refractivity contribution in [3.05, 3.63) is 12.3 Å². The van der Waals surface area contributed by atoms with Crippen LogP contribution in [0.25, 0.3) is 0 Å². The molecule has 0 heterocycles. The van der Waals surface area contributed by atoms with Crippen LogP contribution in [0.2, 0.25) is 0 Å². The molecule has 0 aromatic carbocycles. The Morgan fingerprint density at radius 1 is 1.60 bits per heavy atom. The van der Waals surface area contributed by atoms with E-state index in [1.165, 1.54) is 25.7 Å². The molecule has 0 aromatic rings. The topological polar surface area (TPSA) is 9.23 Å². The van der Waals surface area contributed by atoms with E-state index in [-0.39, 0.29) is 32.7 Å². The summed E-state index contributed by atoms with van der Waals surface area (Å²) in [4.78, 5) is 0. The van der Waals surface area contributed by atoms with E-state index in [1.807, 2.05) is 0 Å². The van der Waals surface area contributed by atoms with E-state index in [9.17, 15) is 0 Å². The second-order valence-corrected chi connectivity index (χ2v) is 2.57. The first kappa shape index (κ1) is 11.1. The molecule has 0 aromatic heterocycles. The molecule has 0 aliphatic heterocycles. The van der Waals surface area contributed by atoms with E-state index in [0.29, 0.717) is 0 Å². The van der Waals surface area contributed by atoms with Gasteiger partial charge in [0.15, 0.2) is 0 Å². The van der Waals surface area contributed by atoms with E-state index in [2.05, 4.69) is 6.42 Å². The summed E-state index contributed by atoms with van der Waals surface area (Å²) in [5, 5.41) is 0. The van der Waals surface area contributed by atoms with Gasteiger partial charge in [0.25, 0.3) is 0 Å². The molecule has 0 saturated heterocycles. The van der Waals surface area contributed by atoms with Crippen LogP contribution < -0.4 is 0 Å². The summed E-state index contributed by atoms with van der Waals surface area (Å²) in [5.41, 5.74) is 0. The second-order valence-electron chi connectivity index (χ2n) is 2.57. The third-order valence-electron chi connectivity index (χ3n) is 1.72. The average Bonchev–Trinajstić information content (AvgIpc) is 1.91. The molecule has 0 spiro atoms. The van der Waals surface area contributed by atoms with Gasteiger partial charge in [0.2, 0.25) is 0 Å². The van der Waals surface area contributed by atoms with Gasteiger partial charge in [0, 0.05) is 39.8 Å². The third kappa shape index (κ3) is 4.05. The number of methoxy groups -OCH3 is 1. The third-order valence-corrected chi connectivity index (χ3v) is 1.72. The molecule has 0 N–H and O–H groups in total. The zero-order valence-electron chi connectivity index (χ0n) is 6.60. The zero-order chi connectivity index (χ0) is 6.53. The van der Waals surface area contributed by atoms with Crippen LogP contribution in [0.5, 0.6) is 0 Å². The van der Waals surface area contributed by atoms with Gasteiger partial charge >= 0.3 is 0 Å². The average molecular weight is 215 g/mol. The molecule has 1 fully saturated rings. The maximum absolute atomic E-state index is 5.02. The van der Waals surface area contributed by atoms with E-state index >= 15 is 0 Å². The Morgan fingerprint density at radius 3 is 2.90 bits per heavy atom. The molecule has 0 amide bonds. The fraction of sp³-hybridized carbons (Fsp3) is 0.750. The van der Waals surface area contributed by atoms with E-state index < -0.39 is 0 Å². The summed E-state index contributed by atoms with van der Waals surface area (Å²) in [5.74, 6) is 1.56. The van der Waals surface area contributed by atoms with Crippen molar-refractivity contribution in [2.45, 2.75) is 25.7 Å². The SMILES string of the molecule is COC[C-]1C[CH-]CCC1.[Y]. The summed E-state index contributed by atoms with van der Waals surface area (Å²) in [7, 11) is 1.77. The molecule has 57 valence electrons. The molecule has 1 rings (SSSR count). The van der Waals surface area contributed by atoms with Crippen molar-refractivity contribution in [1.82, 2.24) is 0 Å². The van der Waals surface area contributed by atoms with Gasteiger partial charge in [-0.3, -0.25) is 0 Å². The largest absolute Gasteiger partial charge is 0.416 e. The van der Waals surface area contributed by atoms with Crippen molar-refractivity contribution in [2.24, 2.45) is 0 Å². The minimum absolute atomic E-state index is 0. The number of hydrogen-bond acceptors (Lipinski definition) is 1. The molecule has 2 heteroatoms. The van der Waals surface area contributed by atoms with Crippen molar-refractivity contribution < 1.29 is 37.4 Å². The predicted molar refractivity (Wildman–Crippen MR) is 37.9 cm³/mol. The maximum Gasteiger partial charge on any atom is 0.0319 e. The number of hydrogen-bond donors (Lipinski definition) is 0. The van der Waals surface area contributed by atoms with Gasteiger partial charge in [0.1, 0.15) is 0 Å². The summed E-state index contributed by atoms with van der Waals surface area (Å²) in [6, 6.07) is 0. The van der Waals surface area contributed by atoms with E-state index in [1.54, 1.807) is 13.0 Å². The van der Waals surface area contributed by atoms with Crippen molar-refractivity contribution in [1.29, 1.82) is 0 Å². The zero-order valence-corrected chi connectivity index (χ0v) is 9.44. The Labute approximate surface area is 88.8 Å². The van der Waals surface area contributed by atoms with Crippen LogP contribution in [-0.2, 0) is 37.4 Å². The Balaban J connectivity index is 0.000000810. The molecule has 1 nitrogen and oxygen atoms in total. The first-order valence-corrected chi connectivity index (χ1v) is 3.57. The van der Waals surface area contributed by atoms with Crippen molar-refractivity contribution in [2.75, 3.05) is 13.7 Å². The van der Waals surface area contributed by atoms with Crippen molar-refractivity contribution in [3.63, 3.8) is 0 Å². The van der Waals surface area contributed by atoms with Gasteiger partial charge in [-0.05, 0) is 0 Å². The standard InChI is InChI=1S/C8H14O.Y/c1-9-7-8-5-3-2-4-6-8;/h3H,2,4-7H2,1H3;/q-2;. The Morgan fingerprint density at radius 2 is 2.40 bits per heavy atom. The Kier molecular flexibility index (Phi) is 7.47. The normalized spacial score (nSPS) is 20.1. The first-order valence-electron chi connectivity index (χ1n) is 3.57. The summed E-state index contributed by atoms with van der Waals surface area (Å²) in [6.07, 6.45) is 7.45. The Hall–Kier alpha value is 1.06. The summed E-state index contributed by atoms with van der Waals surface area (Å²) in [6.45, 7) is 0.872. The maximum atomic E-state index is 5.02. The molecule has 10 heavy (non-hydrogen) atoms. The van der Waals surface area contributed by atoms with Crippen molar-refractivity contribution >= 4 is 0 Å². The van der Waals surface area contributed by atoms with Crippen LogP contribution in [0, 0.1) is 12.3 Å². The molecule has 0 unspecified atom stereocenters. The molecule has 0 atom stereocenters. The minimum Gasteiger partial charge on any atom is -0.416 e. The molecule has 1 saturated carbocycles. The van der Waals surface area contributed by atoms with Gasteiger partial charge in [-0.15, -0.1) is 6.42 Å². The molecular weight excluding hydrogens is 201 g/mol. The number of rotatable bonds is 2. The van der Waals surface area contributed by atoms with Gasteiger partial charge in [-0.25, -0.2) is 0 Å². The first-order chi connectivity index (χ1) is 4.43. The van der Waals surface area contributed by atoms with Crippen LogP contribution in [0.4, 0.5) is 0 Å². The van der Waals surface area contributed by atoms with Gasteiger partial charge in [0.05, 0.1) is 0 Å². The molecule has 1 radical (unpaired) electrons. The van der Waals surface area contributed by atoms with Crippen molar-refractivity contribution in [3.8, 4) is 0 Å². The van der Waals surface area contributed by atoms with Crippen LogP contribution in [-0.4, -0.2) is 13.7 Å². The minimum atomic E-state index is 0. The fourth-order valence-corrected chi connectivity index (χ4v) is 1.24. The molecule has 1 aliphatic rings. The summed E-state index contributed by atoms with van der Waals surface area (Å²) >= 11 is 0. The van der Waals surface area contributed by atoms with Crippen LogP contribution in [0.15, 0.2) is 0 Å². The number of ether oxygens (including phenoxy) is 1. The van der Waals surface area contributed by atoms with E-state index in [0.717, 1.165) is 6.61 Å². The molecule has 0 bridgehead atoms. The second kappa shape index (κ2) is 6.75. The van der Waals surface area contributed by atoms with Crippen LogP contribution in [0.1, 0.15) is 25.7 Å².